The molecule has 0 aromatic heterocycles. The first-order valence-corrected chi connectivity index (χ1v) is 8.52. The molecular formula is C18H21N5O6. The van der Waals surface area contributed by atoms with Crippen molar-refractivity contribution in [3.8, 4) is 11.5 Å². The van der Waals surface area contributed by atoms with Gasteiger partial charge in [0.15, 0.2) is 0 Å². The molecule has 11 nitrogen and oxygen atoms in total. The number of carbonyl (C=O) groups is 2. The summed E-state index contributed by atoms with van der Waals surface area (Å²) in [4.78, 5) is 22.6. The molecule has 0 saturated carbocycles. The lowest BCUT2D eigenvalue weighted by Gasteiger charge is -2.14. The maximum absolute atomic E-state index is 11.3. The third-order valence-corrected chi connectivity index (χ3v) is 3.90. The van der Waals surface area contributed by atoms with Gasteiger partial charge in [-0.05, 0) is 40.6 Å². The van der Waals surface area contributed by atoms with Crippen LogP contribution in [0.2, 0.25) is 0 Å². The van der Waals surface area contributed by atoms with E-state index in [9.17, 15) is 30.0 Å². The van der Waals surface area contributed by atoms with Crippen LogP contribution in [-0.4, -0.2) is 44.4 Å². The molecule has 7 N–H and O–H groups in total. The van der Waals surface area contributed by atoms with E-state index >= 15 is 0 Å². The largest absolute Gasteiger partial charge is 0.508 e. The zero-order valence-corrected chi connectivity index (χ0v) is 15.2. The normalized spacial score (nSPS) is 13.0. The summed E-state index contributed by atoms with van der Waals surface area (Å²) in [6, 6.07) is 10.0. The van der Waals surface area contributed by atoms with E-state index in [1.54, 1.807) is 24.3 Å². The molecule has 0 aliphatic rings. The number of phenols is 2. The predicted molar refractivity (Wildman–Crippen MR) is 101 cm³/mol. The Balaban J connectivity index is 1.84. The minimum Gasteiger partial charge on any atom is -0.508 e. The standard InChI is InChI=1S/C18H21N5O6/c24-13-5-1-11(2-6-13)9-15(17(26)27)19-21-23-22-20-16(18(28)29)10-12-3-7-14(25)8-4-12/h1-8,15-16,24-25H,9-10H2,(H,21,22)(H,26,27)(H,28,29)(H2,19,20,23)/t15-,16-/m0/s1. The van der Waals surface area contributed by atoms with Gasteiger partial charge in [-0.1, -0.05) is 29.5 Å². The summed E-state index contributed by atoms with van der Waals surface area (Å²) in [5.41, 5.74) is 8.42. The molecule has 0 unspecified atom stereocenters. The number of hydrogen-bond donors (Lipinski definition) is 7. The Morgan fingerprint density at radius 2 is 1.21 bits per heavy atom. The number of phenolic OH excluding ortho intramolecular Hbond substituents is 2. The highest BCUT2D eigenvalue weighted by molar-refractivity contribution is 5.74. The van der Waals surface area contributed by atoms with Gasteiger partial charge in [0, 0.05) is 12.8 Å². The fourth-order valence-electron chi connectivity index (χ4n) is 2.35. The Bertz CT molecular complexity index is 841. The highest BCUT2D eigenvalue weighted by atomic mass is 16.4. The van der Waals surface area contributed by atoms with Crippen molar-refractivity contribution in [1.29, 1.82) is 0 Å². The fraction of sp³-hybridized carbons (Fsp3) is 0.222. The molecule has 0 bridgehead atoms. The van der Waals surface area contributed by atoms with Gasteiger partial charge in [0.05, 0.1) is 0 Å². The van der Waals surface area contributed by atoms with Crippen molar-refractivity contribution < 1.29 is 30.0 Å². The van der Waals surface area contributed by atoms with Crippen molar-refractivity contribution in [1.82, 2.24) is 16.4 Å². The van der Waals surface area contributed by atoms with Crippen molar-refractivity contribution in [3.05, 3.63) is 59.7 Å². The Labute approximate surface area is 165 Å². The van der Waals surface area contributed by atoms with Crippen LogP contribution in [0.25, 0.3) is 0 Å². The quantitative estimate of drug-likeness (QED) is 0.211. The number of hydrogen-bond acceptors (Lipinski definition) is 7. The van der Waals surface area contributed by atoms with Crippen LogP contribution in [-0.2, 0) is 22.4 Å². The number of carboxylic acid groups (broad SMARTS) is 2. The molecule has 154 valence electrons. The van der Waals surface area contributed by atoms with Gasteiger partial charge >= 0.3 is 11.9 Å². The zero-order chi connectivity index (χ0) is 21.2. The van der Waals surface area contributed by atoms with E-state index < -0.39 is 24.0 Å². The molecule has 0 heterocycles. The van der Waals surface area contributed by atoms with E-state index in [4.69, 9.17) is 0 Å². The van der Waals surface area contributed by atoms with E-state index in [2.05, 4.69) is 26.8 Å². The first-order valence-electron chi connectivity index (χ1n) is 8.52. The summed E-state index contributed by atoms with van der Waals surface area (Å²) in [7, 11) is 0. The molecule has 11 heteroatoms. The maximum atomic E-state index is 11.3. The average molecular weight is 403 g/mol. The van der Waals surface area contributed by atoms with Gasteiger partial charge in [-0.3, -0.25) is 10.2 Å². The minimum atomic E-state index is -1.15. The van der Waals surface area contributed by atoms with Crippen molar-refractivity contribution in [3.63, 3.8) is 0 Å². The van der Waals surface area contributed by atoms with Gasteiger partial charge in [-0.25, -0.2) is 15.8 Å². The van der Waals surface area contributed by atoms with E-state index in [0.717, 1.165) is 0 Å². The molecule has 0 spiro atoms. The molecule has 2 rings (SSSR count). The highest BCUT2D eigenvalue weighted by Crippen LogP contribution is 2.12. The lowest BCUT2D eigenvalue weighted by Crippen LogP contribution is -2.44. The summed E-state index contributed by atoms with van der Waals surface area (Å²) in [5, 5.41) is 44.0. The molecule has 0 fully saturated rings. The van der Waals surface area contributed by atoms with Crippen LogP contribution >= 0.6 is 0 Å². The minimum absolute atomic E-state index is 0.0730. The second-order valence-corrected chi connectivity index (χ2v) is 6.11. The molecule has 2 atom stereocenters. The van der Waals surface area contributed by atoms with Gasteiger partial charge < -0.3 is 20.4 Å². The molecular weight excluding hydrogens is 382 g/mol. The molecule has 0 aliphatic heterocycles. The van der Waals surface area contributed by atoms with Gasteiger partial charge in [0.1, 0.15) is 23.6 Å². The molecule has 2 aromatic rings. The molecule has 0 saturated heterocycles. The van der Waals surface area contributed by atoms with Crippen LogP contribution < -0.4 is 16.4 Å². The van der Waals surface area contributed by atoms with Crippen LogP contribution in [0.1, 0.15) is 11.1 Å². The van der Waals surface area contributed by atoms with E-state index in [1.807, 2.05) is 0 Å². The van der Waals surface area contributed by atoms with E-state index in [1.165, 1.54) is 24.3 Å². The van der Waals surface area contributed by atoms with Gasteiger partial charge in [0.25, 0.3) is 0 Å². The van der Waals surface area contributed by atoms with E-state index in [0.29, 0.717) is 11.1 Å². The Kier molecular flexibility index (Phi) is 7.74. The zero-order valence-electron chi connectivity index (χ0n) is 15.2. The topological polar surface area (TPSA) is 176 Å². The second kappa shape index (κ2) is 10.5. The van der Waals surface area contributed by atoms with Gasteiger partial charge in [-0.15, -0.1) is 0 Å². The SMILES string of the molecule is O=C(O)[C@H](Cc1ccc(O)cc1)NN=NNN[C@@H](Cc1ccc(O)cc1)C(=O)O. The number of benzene rings is 2. The predicted octanol–water partition coefficient (Wildman–Crippen LogP) is 0.755. The summed E-state index contributed by atoms with van der Waals surface area (Å²) in [6.45, 7) is 0. The number of nitrogens with zero attached hydrogens (tertiary/aromatic N) is 2. The van der Waals surface area contributed by atoms with Crippen LogP contribution in [0.15, 0.2) is 59.0 Å². The van der Waals surface area contributed by atoms with Gasteiger partial charge in [0.2, 0.25) is 0 Å². The lowest BCUT2D eigenvalue weighted by molar-refractivity contribution is -0.140. The number of aromatic hydroxyl groups is 2. The van der Waals surface area contributed by atoms with Crippen molar-refractivity contribution >= 4 is 11.9 Å². The average Bonchev–Trinajstić information content (AvgIpc) is 2.68. The molecule has 0 radical (unpaired) electrons. The van der Waals surface area contributed by atoms with Crippen molar-refractivity contribution in [2.24, 2.45) is 10.4 Å². The van der Waals surface area contributed by atoms with Crippen LogP contribution in [0.5, 0.6) is 11.5 Å². The first-order chi connectivity index (χ1) is 13.8. The Morgan fingerprint density at radius 3 is 1.66 bits per heavy atom. The summed E-state index contributed by atoms with van der Waals surface area (Å²) in [6.07, 6.45) is 0.213. The number of rotatable bonds is 11. The highest BCUT2D eigenvalue weighted by Gasteiger charge is 2.18. The summed E-state index contributed by atoms with van der Waals surface area (Å²) in [5.74, 6) is -2.14. The third kappa shape index (κ3) is 7.34. The van der Waals surface area contributed by atoms with Crippen LogP contribution in [0, 0.1) is 0 Å². The molecule has 2 aromatic carbocycles. The maximum Gasteiger partial charge on any atom is 0.328 e. The van der Waals surface area contributed by atoms with Crippen molar-refractivity contribution in [2.45, 2.75) is 24.9 Å². The smallest absolute Gasteiger partial charge is 0.328 e. The second-order valence-electron chi connectivity index (χ2n) is 6.11. The number of aliphatic carboxylic acids is 2. The molecule has 29 heavy (non-hydrogen) atoms. The van der Waals surface area contributed by atoms with Crippen molar-refractivity contribution in [2.75, 3.05) is 0 Å². The Hall–Kier alpha value is -3.86. The lowest BCUT2D eigenvalue weighted by atomic mass is 10.1. The summed E-state index contributed by atoms with van der Waals surface area (Å²) < 4.78 is 0. The molecule has 0 aliphatic carbocycles. The number of hydrazine groups is 1. The monoisotopic (exact) mass is 403 g/mol. The van der Waals surface area contributed by atoms with Crippen LogP contribution in [0.3, 0.4) is 0 Å². The fourth-order valence-corrected chi connectivity index (χ4v) is 2.35. The van der Waals surface area contributed by atoms with E-state index in [-0.39, 0.29) is 24.3 Å². The van der Waals surface area contributed by atoms with Gasteiger partial charge in [-0.2, -0.15) is 0 Å². The summed E-state index contributed by atoms with van der Waals surface area (Å²) >= 11 is 0. The molecule has 0 amide bonds. The Morgan fingerprint density at radius 1 is 0.759 bits per heavy atom. The van der Waals surface area contributed by atoms with Crippen LogP contribution in [0.4, 0.5) is 0 Å². The number of carboxylic acids is 2. The number of nitrogens with one attached hydrogen (secondary N) is 3. The third-order valence-electron chi connectivity index (χ3n) is 3.90. The first kappa shape index (κ1) is 21.4.